The van der Waals surface area contributed by atoms with Crippen molar-refractivity contribution in [1.29, 1.82) is 5.26 Å². The summed E-state index contributed by atoms with van der Waals surface area (Å²) >= 11 is 0. The van der Waals surface area contributed by atoms with Crippen LogP contribution in [0.5, 0.6) is 0 Å². The van der Waals surface area contributed by atoms with E-state index in [-0.39, 0.29) is 22.2 Å². The highest BCUT2D eigenvalue weighted by Crippen LogP contribution is 2.14. The number of carbonyl (C=O) groups excluding carboxylic acids is 1. The first-order valence-electron chi connectivity index (χ1n) is 4.60. The molecule has 0 aliphatic heterocycles. The fourth-order valence-corrected chi connectivity index (χ4v) is 1.93. The summed E-state index contributed by atoms with van der Waals surface area (Å²) in [5.74, 6) is -0.387. The summed E-state index contributed by atoms with van der Waals surface area (Å²) in [6, 6.07) is 4.19. The van der Waals surface area contributed by atoms with Crippen LogP contribution in [0.2, 0.25) is 0 Å². The highest BCUT2D eigenvalue weighted by molar-refractivity contribution is 7.90. The Labute approximate surface area is 99.4 Å². The molecule has 17 heavy (non-hydrogen) atoms. The molecule has 0 radical (unpaired) electrons. The van der Waals surface area contributed by atoms with Crippen LogP contribution in [0.15, 0.2) is 17.0 Å². The van der Waals surface area contributed by atoms with Gasteiger partial charge in [-0.05, 0) is 12.1 Å². The molecule has 0 spiro atoms. The van der Waals surface area contributed by atoms with E-state index < -0.39 is 9.84 Å². The minimum atomic E-state index is -3.52. The first kappa shape index (κ1) is 13.1. The van der Waals surface area contributed by atoms with Crippen LogP contribution >= 0.6 is 0 Å². The smallest absolute Gasteiger partial charge is 0.271 e. The molecule has 0 bridgehead atoms. The number of rotatable bonds is 2. The Morgan fingerprint density at radius 2 is 2.00 bits per heavy atom. The van der Waals surface area contributed by atoms with Crippen LogP contribution in [0.25, 0.3) is 0 Å². The van der Waals surface area contributed by atoms with Crippen molar-refractivity contribution in [3.8, 4) is 6.07 Å². The summed E-state index contributed by atoms with van der Waals surface area (Å²) < 4.78 is 22.7. The molecule has 0 unspecified atom stereocenters. The molecule has 0 atom stereocenters. The zero-order valence-electron chi connectivity index (χ0n) is 9.63. The molecular weight excluding hydrogens is 242 g/mol. The highest BCUT2D eigenvalue weighted by Gasteiger charge is 2.18. The van der Waals surface area contributed by atoms with Gasteiger partial charge in [0.15, 0.2) is 15.5 Å². The fraction of sp³-hybridized carbons (Fsp3) is 0.300. The zero-order valence-corrected chi connectivity index (χ0v) is 10.4. The molecule has 0 aliphatic rings. The molecule has 0 saturated carbocycles. The normalized spacial score (nSPS) is 10.7. The van der Waals surface area contributed by atoms with Crippen LogP contribution in [0.1, 0.15) is 16.2 Å². The number of amides is 1. The second-order valence-electron chi connectivity index (χ2n) is 3.63. The van der Waals surface area contributed by atoms with Crippen LogP contribution in [-0.4, -0.2) is 44.6 Å². The summed E-state index contributed by atoms with van der Waals surface area (Å²) in [5, 5.41) is 8.82. The number of sulfone groups is 1. The third-order valence-corrected chi connectivity index (χ3v) is 3.12. The van der Waals surface area contributed by atoms with Crippen molar-refractivity contribution in [3.05, 3.63) is 23.5 Å². The first-order chi connectivity index (χ1) is 7.77. The molecule has 1 aromatic rings. The first-order valence-corrected chi connectivity index (χ1v) is 6.49. The predicted molar refractivity (Wildman–Crippen MR) is 60.1 cm³/mol. The van der Waals surface area contributed by atoms with Gasteiger partial charge < -0.3 is 4.90 Å². The molecule has 1 heterocycles. The summed E-state index contributed by atoms with van der Waals surface area (Å²) in [6.07, 6.45) is 0.984. The Morgan fingerprint density at radius 1 is 1.41 bits per heavy atom. The number of carbonyl (C=O) groups is 1. The molecule has 0 saturated heterocycles. The summed E-state index contributed by atoms with van der Waals surface area (Å²) in [4.78, 5) is 16.4. The third-order valence-electron chi connectivity index (χ3n) is 1.99. The van der Waals surface area contributed by atoms with Crippen molar-refractivity contribution >= 4 is 15.7 Å². The van der Waals surface area contributed by atoms with E-state index in [2.05, 4.69) is 4.98 Å². The molecule has 0 fully saturated rings. The highest BCUT2D eigenvalue weighted by atomic mass is 32.2. The number of pyridine rings is 1. The van der Waals surface area contributed by atoms with Crippen LogP contribution in [-0.2, 0) is 9.84 Å². The van der Waals surface area contributed by atoms with E-state index in [1.807, 2.05) is 0 Å². The lowest BCUT2D eigenvalue weighted by Crippen LogP contribution is -2.23. The molecule has 90 valence electrons. The molecule has 6 nitrogen and oxygen atoms in total. The van der Waals surface area contributed by atoms with E-state index in [1.54, 1.807) is 20.2 Å². The van der Waals surface area contributed by atoms with Crippen LogP contribution in [0, 0.1) is 11.3 Å². The Bertz CT molecular complexity index is 600. The van der Waals surface area contributed by atoms with Gasteiger partial charge in [-0.3, -0.25) is 4.79 Å². The van der Waals surface area contributed by atoms with Gasteiger partial charge in [0.2, 0.25) is 0 Å². The molecule has 1 rings (SSSR count). The summed E-state index contributed by atoms with van der Waals surface area (Å²) in [5.41, 5.74) is -0.223. The number of hydrogen-bond donors (Lipinski definition) is 0. The van der Waals surface area contributed by atoms with E-state index in [9.17, 15) is 13.2 Å². The lowest BCUT2D eigenvalue weighted by atomic mass is 10.3. The number of hydrogen-bond acceptors (Lipinski definition) is 5. The van der Waals surface area contributed by atoms with Gasteiger partial charge in [-0.25, -0.2) is 13.4 Å². The maximum atomic E-state index is 11.6. The van der Waals surface area contributed by atoms with E-state index in [0.717, 1.165) is 6.26 Å². The number of aromatic nitrogens is 1. The van der Waals surface area contributed by atoms with E-state index in [4.69, 9.17) is 5.26 Å². The SMILES string of the molecule is CN(C)C(=O)c1ccc(S(C)(=O)=O)c(C#N)n1. The molecule has 1 amide bonds. The van der Waals surface area contributed by atoms with E-state index >= 15 is 0 Å². The van der Waals surface area contributed by atoms with Gasteiger partial charge in [-0.1, -0.05) is 0 Å². The number of nitriles is 1. The van der Waals surface area contributed by atoms with Gasteiger partial charge in [0.1, 0.15) is 16.7 Å². The van der Waals surface area contributed by atoms with Gasteiger partial charge in [0, 0.05) is 20.4 Å². The van der Waals surface area contributed by atoms with Gasteiger partial charge in [0.05, 0.1) is 0 Å². The van der Waals surface area contributed by atoms with Gasteiger partial charge in [-0.2, -0.15) is 5.26 Å². The second kappa shape index (κ2) is 4.51. The third kappa shape index (κ3) is 2.79. The van der Waals surface area contributed by atoms with Crippen molar-refractivity contribution in [2.45, 2.75) is 4.90 Å². The lowest BCUT2D eigenvalue weighted by molar-refractivity contribution is 0.0821. The van der Waals surface area contributed by atoms with Crippen LogP contribution in [0.4, 0.5) is 0 Å². The monoisotopic (exact) mass is 253 g/mol. The van der Waals surface area contributed by atoms with Crippen molar-refractivity contribution in [1.82, 2.24) is 9.88 Å². The molecule has 0 aromatic carbocycles. The largest absolute Gasteiger partial charge is 0.343 e. The molecule has 0 N–H and O–H groups in total. The van der Waals surface area contributed by atoms with E-state index in [1.165, 1.54) is 17.0 Å². The predicted octanol–water partition coefficient (Wildman–Crippen LogP) is 0.0586. The topological polar surface area (TPSA) is 91.1 Å². The fourth-order valence-electron chi connectivity index (χ4n) is 1.17. The Balaban J connectivity index is 3.39. The quantitative estimate of drug-likeness (QED) is 0.743. The standard InChI is InChI=1S/C10H11N3O3S/c1-13(2)10(14)7-4-5-9(17(3,15)16)8(6-11)12-7/h4-5H,1-3H3. The van der Waals surface area contributed by atoms with Crippen molar-refractivity contribution in [2.75, 3.05) is 20.4 Å². The van der Waals surface area contributed by atoms with Crippen molar-refractivity contribution in [2.24, 2.45) is 0 Å². The minimum absolute atomic E-state index is 0.0407. The zero-order chi connectivity index (χ0) is 13.2. The molecular formula is C10H11N3O3S. The maximum absolute atomic E-state index is 11.6. The van der Waals surface area contributed by atoms with Crippen LogP contribution in [0.3, 0.4) is 0 Å². The van der Waals surface area contributed by atoms with Gasteiger partial charge in [0.25, 0.3) is 5.91 Å². The van der Waals surface area contributed by atoms with Crippen molar-refractivity contribution < 1.29 is 13.2 Å². The Morgan fingerprint density at radius 3 is 2.41 bits per heavy atom. The minimum Gasteiger partial charge on any atom is -0.343 e. The summed E-state index contributed by atoms with van der Waals surface area (Å²) in [7, 11) is -0.434. The Kier molecular flexibility index (Phi) is 3.48. The summed E-state index contributed by atoms with van der Waals surface area (Å²) in [6.45, 7) is 0. The van der Waals surface area contributed by atoms with Gasteiger partial charge in [-0.15, -0.1) is 0 Å². The van der Waals surface area contributed by atoms with Crippen LogP contribution < -0.4 is 0 Å². The number of nitrogens with zero attached hydrogens (tertiary/aromatic N) is 3. The van der Waals surface area contributed by atoms with Gasteiger partial charge >= 0.3 is 0 Å². The van der Waals surface area contributed by atoms with E-state index in [0.29, 0.717) is 0 Å². The average Bonchev–Trinajstić information content (AvgIpc) is 2.25. The Hall–Kier alpha value is -1.94. The maximum Gasteiger partial charge on any atom is 0.271 e. The van der Waals surface area contributed by atoms with Crippen molar-refractivity contribution in [3.63, 3.8) is 0 Å². The molecule has 7 heteroatoms. The molecule has 0 aliphatic carbocycles. The average molecular weight is 253 g/mol. The molecule has 1 aromatic heterocycles. The second-order valence-corrected chi connectivity index (χ2v) is 5.61. The lowest BCUT2D eigenvalue weighted by Gasteiger charge is -2.10.